The van der Waals surface area contributed by atoms with Crippen molar-refractivity contribution in [3.05, 3.63) is 47.0 Å². The van der Waals surface area contributed by atoms with Crippen LogP contribution in [-0.2, 0) is 4.74 Å². The highest BCUT2D eigenvalue weighted by Gasteiger charge is 2.77. The first-order valence-electron chi connectivity index (χ1n) is 7.39. The molecule has 1 saturated heterocycles. The molecule has 3 rings (SSSR count). The SMILES string of the molecule is C/C(=C/CC12OC1(C)C(=O)c1ccccc1C2=O)C(C)C. The summed E-state index contributed by atoms with van der Waals surface area (Å²) < 4.78 is 5.75. The summed E-state index contributed by atoms with van der Waals surface area (Å²) in [5.74, 6) is 0.286. The largest absolute Gasteiger partial charge is 0.345 e. The van der Waals surface area contributed by atoms with Crippen molar-refractivity contribution < 1.29 is 14.3 Å². The Balaban J connectivity index is 2.02. The summed E-state index contributed by atoms with van der Waals surface area (Å²) in [5.41, 5.74) is 0.206. The van der Waals surface area contributed by atoms with Gasteiger partial charge in [-0.3, -0.25) is 9.59 Å². The second-order valence-corrected chi connectivity index (χ2v) is 6.47. The third kappa shape index (κ3) is 1.77. The molecule has 0 saturated carbocycles. The van der Waals surface area contributed by atoms with Gasteiger partial charge in [-0.2, -0.15) is 0 Å². The summed E-state index contributed by atoms with van der Waals surface area (Å²) in [6.07, 6.45) is 2.50. The van der Waals surface area contributed by atoms with Gasteiger partial charge >= 0.3 is 0 Å². The quantitative estimate of drug-likeness (QED) is 0.629. The predicted molar refractivity (Wildman–Crippen MR) is 80.5 cm³/mol. The van der Waals surface area contributed by atoms with Gasteiger partial charge in [-0.05, 0) is 19.8 Å². The highest BCUT2D eigenvalue weighted by atomic mass is 16.6. The Kier molecular flexibility index (Phi) is 2.96. The van der Waals surface area contributed by atoms with E-state index in [1.54, 1.807) is 31.2 Å². The molecule has 1 fully saturated rings. The maximum Gasteiger partial charge on any atom is 0.199 e. The van der Waals surface area contributed by atoms with Crippen molar-refractivity contribution in [2.45, 2.75) is 45.3 Å². The van der Waals surface area contributed by atoms with Gasteiger partial charge in [0.25, 0.3) is 0 Å². The summed E-state index contributed by atoms with van der Waals surface area (Å²) in [6.45, 7) is 8.00. The summed E-state index contributed by atoms with van der Waals surface area (Å²) in [7, 11) is 0. The van der Waals surface area contributed by atoms with E-state index in [4.69, 9.17) is 4.74 Å². The lowest BCUT2D eigenvalue weighted by molar-refractivity contribution is 0.0847. The lowest BCUT2D eigenvalue weighted by atomic mass is 9.73. The number of ketones is 2. The zero-order valence-corrected chi connectivity index (χ0v) is 12.9. The number of carbonyl (C=O) groups excluding carboxylic acids is 2. The van der Waals surface area contributed by atoms with Crippen LogP contribution in [-0.4, -0.2) is 22.8 Å². The Morgan fingerprint density at radius 2 is 1.76 bits per heavy atom. The molecule has 1 aromatic rings. The van der Waals surface area contributed by atoms with E-state index in [1.807, 2.05) is 13.0 Å². The minimum Gasteiger partial charge on any atom is -0.345 e. The van der Waals surface area contributed by atoms with E-state index < -0.39 is 11.2 Å². The third-order valence-corrected chi connectivity index (χ3v) is 4.95. The molecule has 0 aromatic heterocycles. The number of ether oxygens (including phenoxy) is 1. The Morgan fingerprint density at radius 1 is 1.19 bits per heavy atom. The average Bonchev–Trinajstić information content (AvgIpc) is 3.11. The molecule has 0 spiro atoms. The molecule has 1 aliphatic heterocycles. The zero-order valence-electron chi connectivity index (χ0n) is 12.9. The first-order chi connectivity index (χ1) is 9.83. The van der Waals surface area contributed by atoms with E-state index in [-0.39, 0.29) is 11.6 Å². The van der Waals surface area contributed by atoms with Gasteiger partial charge in [0.2, 0.25) is 0 Å². The van der Waals surface area contributed by atoms with Crippen molar-refractivity contribution in [2.24, 2.45) is 5.92 Å². The van der Waals surface area contributed by atoms with E-state index in [0.29, 0.717) is 23.5 Å². The molecule has 110 valence electrons. The average molecular weight is 284 g/mol. The Bertz CT molecular complexity index is 671. The normalized spacial score (nSPS) is 31.2. The van der Waals surface area contributed by atoms with Gasteiger partial charge in [-0.25, -0.2) is 0 Å². The van der Waals surface area contributed by atoms with Crippen LogP contribution in [0.15, 0.2) is 35.9 Å². The summed E-state index contributed by atoms with van der Waals surface area (Å²) in [4.78, 5) is 25.4. The number of hydrogen-bond donors (Lipinski definition) is 0. The maximum absolute atomic E-state index is 12.8. The second-order valence-electron chi connectivity index (χ2n) is 6.47. The van der Waals surface area contributed by atoms with Gasteiger partial charge in [-0.1, -0.05) is 49.8 Å². The van der Waals surface area contributed by atoms with Crippen LogP contribution in [0.3, 0.4) is 0 Å². The molecule has 2 atom stereocenters. The molecule has 2 unspecified atom stereocenters. The topological polar surface area (TPSA) is 46.7 Å². The van der Waals surface area contributed by atoms with Gasteiger partial charge < -0.3 is 4.74 Å². The molecule has 3 heteroatoms. The van der Waals surface area contributed by atoms with Crippen LogP contribution < -0.4 is 0 Å². The predicted octanol–water partition coefficient (Wildman–Crippen LogP) is 3.59. The van der Waals surface area contributed by atoms with Crippen molar-refractivity contribution in [2.75, 3.05) is 0 Å². The monoisotopic (exact) mass is 284 g/mol. The Labute approximate surface area is 125 Å². The molecule has 0 N–H and O–H groups in total. The molecule has 2 aliphatic rings. The fourth-order valence-electron chi connectivity index (χ4n) is 3.04. The van der Waals surface area contributed by atoms with E-state index in [2.05, 4.69) is 13.8 Å². The van der Waals surface area contributed by atoms with Gasteiger partial charge in [0, 0.05) is 17.5 Å². The smallest absolute Gasteiger partial charge is 0.199 e. The van der Waals surface area contributed by atoms with Crippen molar-refractivity contribution >= 4 is 11.6 Å². The molecule has 0 amide bonds. The fraction of sp³-hybridized carbons (Fsp3) is 0.444. The Morgan fingerprint density at radius 3 is 2.33 bits per heavy atom. The minimum atomic E-state index is -0.994. The maximum atomic E-state index is 12.8. The van der Waals surface area contributed by atoms with E-state index in [0.717, 1.165) is 0 Å². The molecule has 0 bridgehead atoms. The highest BCUT2D eigenvalue weighted by Crippen LogP contribution is 2.57. The molecule has 3 nitrogen and oxygen atoms in total. The van der Waals surface area contributed by atoms with Crippen LogP contribution >= 0.6 is 0 Å². The molecule has 1 aromatic carbocycles. The summed E-state index contributed by atoms with van der Waals surface area (Å²) in [5, 5.41) is 0. The van der Waals surface area contributed by atoms with Crippen molar-refractivity contribution in [3.63, 3.8) is 0 Å². The lowest BCUT2D eigenvalue weighted by Gasteiger charge is -2.22. The molecule has 1 aliphatic carbocycles. The third-order valence-electron chi connectivity index (χ3n) is 4.95. The molecule has 0 radical (unpaired) electrons. The fourth-order valence-corrected chi connectivity index (χ4v) is 3.04. The number of allylic oxidation sites excluding steroid dienone is 1. The van der Waals surface area contributed by atoms with Crippen molar-refractivity contribution in [1.82, 2.24) is 0 Å². The number of epoxide rings is 1. The van der Waals surface area contributed by atoms with E-state index in [9.17, 15) is 9.59 Å². The minimum absolute atomic E-state index is 0.0620. The summed E-state index contributed by atoms with van der Waals surface area (Å²) >= 11 is 0. The number of hydrogen-bond acceptors (Lipinski definition) is 3. The van der Waals surface area contributed by atoms with Gasteiger partial charge in [0.05, 0.1) is 0 Å². The van der Waals surface area contributed by atoms with Crippen LogP contribution in [0.5, 0.6) is 0 Å². The van der Waals surface area contributed by atoms with Gasteiger partial charge in [0.15, 0.2) is 22.8 Å². The van der Waals surface area contributed by atoms with Crippen LogP contribution in [0.1, 0.15) is 54.8 Å². The molecule has 1 heterocycles. The Hall–Kier alpha value is -1.74. The van der Waals surface area contributed by atoms with Crippen LogP contribution in [0.25, 0.3) is 0 Å². The van der Waals surface area contributed by atoms with E-state index >= 15 is 0 Å². The number of fused-ring (bicyclic) bond motifs is 2. The van der Waals surface area contributed by atoms with Crippen molar-refractivity contribution in [1.29, 1.82) is 0 Å². The first kappa shape index (κ1) is 14.2. The second kappa shape index (κ2) is 4.38. The lowest BCUT2D eigenvalue weighted by Crippen LogP contribution is -2.43. The number of carbonyl (C=O) groups is 2. The number of Topliss-reactive ketones (excluding diaryl/α,β-unsaturated/α-hetero) is 2. The van der Waals surface area contributed by atoms with Crippen LogP contribution in [0, 0.1) is 5.92 Å². The number of rotatable bonds is 3. The molecule has 21 heavy (non-hydrogen) atoms. The van der Waals surface area contributed by atoms with Gasteiger partial charge in [0.1, 0.15) is 0 Å². The zero-order chi connectivity index (χ0) is 15.4. The standard InChI is InChI=1S/C18H20O3/c1-11(2)12(3)9-10-18-16(20)14-8-6-5-7-13(14)15(19)17(18,4)21-18/h5-9,11H,10H2,1-4H3/b12-9-. The summed E-state index contributed by atoms with van der Waals surface area (Å²) in [6, 6.07) is 7.00. The number of benzene rings is 1. The van der Waals surface area contributed by atoms with E-state index in [1.165, 1.54) is 5.57 Å². The van der Waals surface area contributed by atoms with Crippen LogP contribution in [0.2, 0.25) is 0 Å². The van der Waals surface area contributed by atoms with Crippen LogP contribution in [0.4, 0.5) is 0 Å². The first-order valence-corrected chi connectivity index (χ1v) is 7.39. The molecular formula is C18H20O3. The highest BCUT2D eigenvalue weighted by molar-refractivity contribution is 6.25. The van der Waals surface area contributed by atoms with Crippen molar-refractivity contribution in [3.8, 4) is 0 Å². The van der Waals surface area contributed by atoms with Gasteiger partial charge in [-0.15, -0.1) is 0 Å². The molecular weight excluding hydrogens is 264 g/mol.